The molecule has 0 spiro atoms. The highest BCUT2D eigenvalue weighted by atomic mass is 19.1. The SMILES string of the molecule is CNc1ncc(F)cc1C(=O)NCC(C)C(C)(C)C. The monoisotopic (exact) mass is 267 g/mol. The molecule has 4 nitrogen and oxygen atoms in total. The molecule has 1 rings (SSSR count). The Balaban J connectivity index is 2.76. The number of pyridine rings is 1. The van der Waals surface area contributed by atoms with Gasteiger partial charge >= 0.3 is 0 Å². The summed E-state index contributed by atoms with van der Waals surface area (Å²) in [4.78, 5) is 15.9. The van der Waals surface area contributed by atoms with Crippen LogP contribution in [0.5, 0.6) is 0 Å². The van der Waals surface area contributed by atoms with E-state index in [4.69, 9.17) is 0 Å². The zero-order valence-electron chi connectivity index (χ0n) is 12.2. The van der Waals surface area contributed by atoms with Gasteiger partial charge in [0.1, 0.15) is 11.6 Å². The van der Waals surface area contributed by atoms with Crippen LogP contribution in [0.25, 0.3) is 0 Å². The number of carbonyl (C=O) groups excluding carboxylic acids is 1. The van der Waals surface area contributed by atoms with Gasteiger partial charge in [0.2, 0.25) is 0 Å². The molecule has 106 valence electrons. The van der Waals surface area contributed by atoms with Crippen LogP contribution in [0.2, 0.25) is 0 Å². The van der Waals surface area contributed by atoms with Crippen molar-refractivity contribution >= 4 is 11.7 Å². The van der Waals surface area contributed by atoms with Gasteiger partial charge in [-0.2, -0.15) is 0 Å². The van der Waals surface area contributed by atoms with Gasteiger partial charge in [0.15, 0.2) is 0 Å². The van der Waals surface area contributed by atoms with E-state index in [0.29, 0.717) is 18.3 Å². The molecule has 1 heterocycles. The molecule has 0 fully saturated rings. The maximum Gasteiger partial charge on any atom is 0.255 e. The van der Waals surface area contributed by atoms with Crippen molar-refractivity contribution in [3.05, 3.63) is 23.6 Å². The summed E-state index contributed by atoms with van der Waals surface area (Å²) in [7, 11) is 1.65. The predicted octanol–water partition coefficient (Wildman–Crippen LogP) is 2.67. The third kappa shape index (κ3) is 4.19. The van der Waals surface area contributed by atoms with Gasteiger partial charge in [-0.25, -0.2) is 9.37 Å². The average Bonchev–Trinajstić information content (AvgIpc) is 2.34. The number of nitrogens with one attached hydrogen (secondary N) is 2. The second kappa shape index (κ2) is 5.99. The van der Waals surface area contributed by atoms with E-state index in [2.05, 4.69) is 43.3 Å². The largest absolute Gasteiger partial charge is 0.372 e. The van der Waals surface area contributed by atoms with Crippen LogP contribution in [0.3, 0.4) is 0 Å². The molecule has 0 saturated heterocycles. The predicted molar refractivity (Wildman–Crippen MR) is 74.7 cm³/mol. The molecule has 0 aromatic carbocycles. The van der Waals surface area contributed by atoms with Crippen molar-refractivity contribution in [1.82, 2.24) is 10.3 Å². The van der Waals surface area contributed by atoms with E-state index in [1.807, 2.05) is 0 Å². The van der Waals surface area contributed by atoms with E-state index in [1.54, 1.807) is 7.05 Å². The van der Waals surface area contributed by atoms with Crippen molar-refractivity contribution < 1.29 is 9.18 Å². The van der Waals surface area contributed by atoms with Crippen LogP contribution in [0, 0.1) is 17.2 Å². The lowest BCUT2D eigenvalue weighted by molar-refractivity contribution is 0.0937. The van der Waals surface area contributed by atoms with Crippen molar-refractivity contribution in [3.63, 3.8) is 0 Å². The topological polar surface area (TPSA) is 54.0 Å². The zero-order chi connectivity index (χ0) is 14.6. The summed E-state index contributed by atoms with van der Waals surface area (Å²) in [5.74, 6) is -0.140. The van der Waals surface area contributed by atoms with Crippen molar-refractivity contribution in [1.29, 1.82) is 0 Å². The average molecular weight is 267 g/mol. The molecular weight excluding hydrogens is 245 g/mol. The molecule has 1 amide bonds. The normalized spacial score (nSPS) is 12.9. The van der Waals surface area contributed by atoms with Gasteiger partial charge in [0.05, 0.1) is 11.8 Å². The third-order valence-electron chi connectivity index (χ3n) is 3.38. The van der Waals surface area contributed by atoms with Gasteiger partial charge in [-0.05, 0) is 17.4 Å². The number of halogens is 1. The summed E-state index contributed by atoms with van der Waals surface area (Å²) in [5.41, 5.74) is 0.336. The number of hydrogen-bond donors (Lipinski definition) is 2. The van der Waals surface area contributed by atoms with Gasteiger partial charge in [0, 0.05) is 13.6 Å². The number of rotatable bonds is 4. The summed E-state index contributed by atoms with van der Waals surface area (Å²) < 4.78 is 13.2. The van der Waals surface area contributed by atoms with E-state index in [-0.39, 0.29) is 16.9 Å². The van der Waals surface area contributed by atoms with E-state index in [9.17, 15) is 9.18 Å². The molecule has 5 heteroatoms. The van der Waals surface area contributed by atoms with Crippen LogP contribution in [-0.2, 0) is 0 Å². The fraction of sp³-hybridized carbons (Fsp3) is 0.571. The lowest BCUT2D eigenvalue weighted by Crippen LogP contribution is -2.34. The van der Waals surface area contributed by atoms with Gasteiger partial charge in [-0.3, -0.25) is 4.79 Å². The van der Waals surface area contributed by atoms with Gasteiger partial charge in [0.25, 0.3) is 5.91 Å². The fourth-order valence-corrected chi connectivity index (χ4v) is 1.46. The molecule has 0 radical (unpaired) electrons. The third-order valence-corrected chi connectivity index (χ3v) is 3.38. The standard InChI is InChI=1S/C14H22FN3O/c1-9(14(2,3)4)7-18-13(19)11-6-10(15)8-17-12(11)16-5/h6,8-9H,7H2,1-5H3,(H,16,17)(H,18,19). The van der Waals surface area contributed by atoms with Crippen LogP contribution >= 0.6 is 0 Å². The van der Waals surface area contributed by atoms with Gasteiger partial charge in [-0.1, -0.05) is 27.7 Å². The van der Waals surface area contributed by atoms with Crippen molar-refractivity contribution in [2.75, 3.05) is 18.9 Å². The van der Waals surface area contributed by atoms with Crippen molar-refractivity contribution in [2.24, 2.45) is 11.3 Å². The van der Waals surface area contributed by atoms with E-state index in [0.717, 1.165) is 6.20 Å². The first kappa shape index (κ1) is 15.4. The Morgan fingerprint density at radius 2 is 2.11 bits per heavy atom. The molecule has 0 aliphatic carbocycles. The zero-order valence-corrected chi connectivity index (χ0v) is 12.2. The molecule has 0 saturated carbocycles. The lowest BCUT2D eigenvalue weighted by atomic mass is 9.82. The summed E-state index contributed by atoms with van der Waals surface area (Å²) >= 11 is 0. The Labute approximate surface area is 113 Å². The first-order chi connectivity index (χ1) is 8.75. The van der Waals surface area contributed by atoms with Crippen LogP contribution in [0.4, 0.5) is 10.2 Å². The van der Waals surface area contributed by atoms with Crippen LogP contribution in [-0.4, -0.2) is 24.5 Å². The Bertz CT molecular complexity index is 454. The minimum atomic E-state index is -0.520. The number of carbonyl (C=O) groups is 1. The number of aromatic nitrogens is 1. The van der Waals surface area contributed by atoms with Crippen LogP contribution in [0.15, 0.2) is 12.3 Å². The molecule has 19 heavy (non-hydrogen) atoms. The van der Waals surface area contributed by atoms with Crippen LogP contribution in [0.1, 0.15) is 38.1 Å². The number of nitrogens with zero attached hydrogens (tertiary/aromatic N) is 1. The summed E-state index contributed by atoms with van der Waals surface area (Å²) in [5, 5.41) is 5.60. The van der Waals surface area contributed by atoms with E-state index < -0.39 is 5.82 Å². The number of hydrogen-bond acceptors (Lipinski definition) is 3. The number of anilines is 1. The first-order valence-electron chi connectivity index (χ1n) is 6.37. The van der Waals surface area contributed by atoms with Gasteiger partial charge < -0.3 is 10.6 Å². The molecular formula is C14H22FN3O. The summed E-state index contributed by atoms with van der Waals surface area (Å²) in [6.45, 7) is 8.97. The fourth-order valence-electron chi connectivity index (χ4n) is 1.46. The molecule has 1 atom stereocenters. The maximum atomic E-state index is 13.2. The van der Waals surface area contributed by atoms with E-state index in [1.165, 1.54) is 6.07 Å². The number of amides is 1. The highest BCUT2D eigenvalue weighted by molar-refractivity contribution is 5.98. The second-order valence-corrected chi connectivity index (χ2v) is 5.78. The minimum absolute atomic E-state index is 0.110. The first-order valence-corrected chi connectivity index (χ1v) is 6.37. The van der Waals surface area contributed by atoms with Gasteiger partial charge in [-0.15, -0.1) is 0 Å². The lowest BCUT2D eigenvalue weighted by Gasteiger charge is -2.27. The summed E-state index contributed by atoms with van der Waals surface area (Å²) in [6, 6.07) is 1.19. The highest BCUT2D eigenvalue weighted by Crippen LogP contribution is 2.24. The van der Waals surface area contributed by atoms with Crippen molar-refractivity contribution in [2.45, 2.75) is 27.7 Å². The maximum absolute atomic E-state index is 13.2. The Morgan fingerprint density at radius 3 is 2.63 bits per heavy atom. The molecule has 0 aliphatic heterocycles. The molecule has 0 aliphatic rings. The quantitative estimate of drug-likeness (QED) is 0.882. The molecule has 1 unspecified atom stereocenters. The Morgan fingerprint density at radius 1 is 1.47 bits per heavy atom. The van der Waals surface area contributed by atoms with Crippen molar-refractivity contribution in [3.8, 4) is 0 Å². The Kier molecular flexibility index (Phi) is 4.86. The second-order valence-electron chi connectivity index (χ2n) is 5.78. The minimum Gasteiger partial charge on any atom is -0.372 e. The Hall–Kier alpha value is -1.65. The smallest absolute Gasteiger partial charge is 0.255 e. The molecule has 1 aromatic rings. The molecule has 2 N–H and O–H groups in total. The highest BCUT2D eigenvalue weighted by Gasteiger charge is 2.21. The molecule has 1 aromatic heterocycles. The molecule has 0 bridgehead atoms. The summed E-state index contributed by atoms with van der Waals surface area (Å²) in [6.07, 6.45) is 1.08. The van der Waals surface area contributed by atoms with Crippen LogP contribution < -0.4 is 10.6 Å². The van der Waals surface area contributed by atoms with E-state index >= 15 is 0 Å².